The Labute approximate surface area is 103 Å². The first kappa shape index (κ1) is 13.5. The number of carbonyl (C=O) groups excluding carboxylic acids is 1. The number of nitrogens with two attached hydrogens (primary N) is 1. The van der Waals surface area contributed by atoms with Crippen LogP contribution < -0.4 is 5.73 Å². The molecule has 0 amide bonds. The topological polar surface area (TPSA) is 43.1 Å². The lowest BCUT2D eigenvalue weighted by Crippen LogP contribution is -1.97. The zero-order valence-electron chi connectivity index (χ0n) is 9.22. The van der Waals surface area contributed by atoms with E-state index in [9.17, 15) is 13.6 Å². The van der Waals surface area contributed by atoms with Crippen LogP contribution in [0.2, 0.25) is 0 Å². The van der Waals surface area contributed by atoms with Gasteiger partial charge in [-0.25, -0.2) is 8.78 Å². The average Bonchev–Trinajstić information content (AvgIpc) is 2.27. The molecule has 0 saturated carbocycles. The number of hydrogen-bond donors (Lipinski definition) is 1. The molecule has 0 unspecified atom stereocenters. The van der Waals surface area contributed by atoms with Gasteiger partial charge in [-0.05, 0) is 12.1 Å². The van der Waals surface area contributed by atoms with Gasteiger partial charge in [-0.15, -0.1) is 0 Å². The second kappa shape index (κ2) is 6.26. The van der Waals surface area contributed by atoms with Crippen LogP contribution >= 0.6 is 11.8 Å². The minimum Gasteiger partial charge on any atom is -0.396 e. The number of nitrogen functional groups attached to an aromatic ring is 1. The molecule has 0 aromatic heterocycles. The Morgan fingerprint density at radius 1 is 1.47 bits per heavy atom. The van der Waals surface area contributed by atoms with E-state index >= 15 is 0 Å². The third kappa shape index (κ3) is 4.08. The summed E-state index contributed by atoms with van der Waals surface area (Å²) < 4.78 is 26.6. The molecule has 0 spiro atoms. The molecule has 2 nitrogen and oxygen atoms in total. The Kier molecular flexibility index (Phi) is 4.98. The predicted octanol–water partition coefficient (Wildman–Crippen LogP) is 2.57. The highest BCUT2D eigenvalue weighted by Crippen LogP contribution is 2.17. The fourth-order valence-electron chi connectivity index (χ4n) is 1.08. The standard InChI is InChI=1S/C12H11F2NOS/c1-8(16)17-7-3-2-4-9-10(13)5-6-11(15)12(9)14/h5-6H,3,7,15H2,1H3. The van der Waals surface area contributed by atoms with Gasteiger partial charge in [-0.1, -0.05) is 23.6 Å². The molecule has 0 aliphatic heterocycles. The third-order valence-electron chi connectivity index (χ3n) is 1.87. The zero-order chi connectivity index (χ0) is 12.8. The van der Waals surface area contributed by atoms with Gasteiger partial charge >= 0.3 is 0 Å². The fourth-order valence-corrected chi connectivity index (χ4v) is 1.57. The van der Waals surface area contributed by atoms with E-state index in [-0.39, 0.29) is 16.4 Å². The molecule has 0 fully saturated rings. The van der Waals surface area contributed by atoms with Crippen LogP contribution in [0.1, 0.15) is 18.9 Å². The molecule has 90 valence electrons. The summed E-state index contributed by atoms with van der Waals surface area (Å²) in [7, 11) is 0. The number of rotatable bonds is 2. The summed E-state index contributed by atoms with van der Waals surface area (Å²) in [5.74, 6) is 3.94. The van der Waals surface area contributed by atoms with Gasteiger partial charge in [0.25, 0.3) is 0 Å². The molecule has 1 rings (SSSR count). The van der Waals surface area contributed by atoms with Crippen molar-refractivity contribution in [3.8, 4) is 11.8 Å². The number of thioether (sulfide) groups is 1. The highest BCUT2D eigenvalue weighted by Gasteiger charge is 2.08. The molecule has 1 aromatic rings. The number of hydrogen-bond acceptors (Lipinski definition) is 3. The first-order valence-corrected chi connectivity index (χ1v) is 5.86. The van der Waals surface area contributed by atoms with Gasteiger partial charge < -0.3 is 5.73 Å². The quantitative estimate of drug-likeness (QED) is 0.502. The molecule has 0 bridgehead atoms. The molecule has 0 aliphatic rings. The first-order valence-electron chi connectivity index (χ1n) is 4.88. The van der Waals surface area contributed by atoms with E-state index in [2.05, 4.69) is 11.8 Å². The van der Waals surface area contributed by atoms with E-state index in [0.29, 0.717) is 12.2 Å². The maximum absolute atomic E-state index is 13.4. The number of halogens is 2. The Hall–Kier alpha value is -1.54. The lowest BCUT2D eigenvalue weighted by molar-refractivity contribution is -0.109. The summed E-state index contributed by atoms with van der Waals surface area (Å²) >= 11 is 1.12. The maximum atomic E-state index is 13.4. The molecular formula is C12H11F2NOS. The minimum atomic E-state index is -0.836. The zero-order valence-corrected chi connectivity index (χ0v) is 10.0. The van der Waals surface area contributed by atoms with Crippen molar-refractivity contribution >= 4 is 22.6 Å². The Morgan fingerprint density at radius 3 is 2.82 bits per heavy atom. The van der Waals surface area contributed by atoms with Gasteiger partial charge in [0.15, 0.2) is 10.9 Å². The molecule has 0 atom stereocenters. The van der Waals surface area contributed by atoms with Gasteiger partial charge in [-0.2, -0.15) is 0 Å². The van der Waals surface area contributed by atoms with Crippen LogP contribution in [0.15, 0.2) is 12.1 Å². The predicted molar refractivity (Wildman–Crippen MR) is 65.4 cm³/mol. The van der Waals surface area contributed by atoms with Gasteiger partial charge in [-0.3, -0.25) is 4.79 Å². The van der Waals surface area contributed by atoms with E-state index in [4.69, 9.17) is 5.73 Å². The van der Waals surface area contributed by atoms with Crippen LogP contribution in [-0.4, -0.2) is 10.9 Å². The SMILES string of the molecule is CC(=O)SCCC#Cc1c(F)ccc(N)c1F. The molecule has 0 aliphatic carbocycles. The molecule has 2 N–H and O–H groups in total. The number of benzene rings is 1. The second-order valence-electron chi connectivity index (χ2n) is 3.22. The first-order chi connectivity index (χ1) is 8.02. The summed E-state index contributed by atoms with van der Waals surface area (Å²) in [5, 5.41) is -0.00637. The molecule has 5 heteroatoms. The molecule has 0 radical (unpaired) electrons. The Bertz CT molecular complexity index is 491. The molecule has 0 saturated heterocycles. The summed E-state index contributed by atoms with van der Waals surface area (Å²) in [5.41, 5.74) is 4.85. The average molecular weight is 255 g/mol. The van der Waals surface area contributed by atoms with Crippen LogP contribution in [0.5, 0.6) is 0 Å². The van der Waals surface area contributed by atoms with E-state index in [1.54, 1.807) is 0 Å². The highest BCUT2D eigenvalue weighted by atomic mass is 32.2. The van der Waals surface area contributed by atoms with Crippen molar-refractivity contribution in [1.82, 2.24) is 0 Å². The van der Waals surface area contributed by atoms with E-state index in [0.717, 1.165) is 23.9 Å². The summed E-state index contributed by atoms with van der Waals surface area (Å²) in [6.45, 7) is 1.45. The highest BCUT2D eigenvalue weighted by molar-refractivity contribution is 8.13. The lowest BCUT2D eigenvalue weighted by atomic mass is 10.1. The van der Waals surface area contributed by atoms with Gasteiger partial charge in [0.1, 0.15) is 5.82 Å². The Balaban J connectivity index is 2.72. The van der Waals surface area contributed by atoms with E-state index in [1.165, 1.54) is 6.92 Å². The lowest BCUT2D eigenvalue weighted by Gasteiger charge is -1.99. The smallest absolute Gasteiger partial charge is 0.185 e. The summed E-state index contributed by atoms with van der Waals surface area (Å²) in [6.07, 6.45) is 0.387. The van der Waals surface area contributed by atoms with Gasteiger partial charge in [0.2, 0.25) is 0 Å². The third-order valence-corrected chi connectivity index (χ3v) is 2.68. The fraction of sp³-hybridized carbons (Fsp3) is 0.250. The van der Waals surface area contributed by atoms with Crippen molar-refractivity contribution in [3.63, 3.8) is 0 Å². The van der Waals surface area contributed by atoms with Crippen LogP contribution in [0.4, 0.5) is 14.5 Å². The van der Waals surface area contributed by atoms with Gasteiger partial charge in [0, 0.05) is 19.1 Å². The Morgan fingerprint density at radius 2 is 2.18 bits per heavy atom. The van der Waals surface area contributed by atoms with Crippen molar-refractivity contribution in [3.05, 3.63) is 29.3 Å². The van der Waals surface area contributed by atoms with E-state index < -0.39 is 11.6 Å². The van der Waals surface area contributed by atoms with Gasteiger partial charge in [0.05, 0.1) is 11.3 Å². The van der Waals surface area contributed by atoms with E-state index in [1.807, 2.05) is 0 Å². The number of anilines is 1. The monoisotopic (exact) mass is 255 g/mol. The second-order valence-corrected chi connectivity index (χ2v) is 4.49. The van der Waals surface area contributed by atoms with Crippen molar-refractivity contribution in [2.24, 2.45) is 0 Å². The van der Waals surface area contributed by atoms with Crippen molar-refractivity contribution in [2.45, 2.75) is 13.3 Å². The molecule has 0 heterocycles. The molecular weight excluding hydrogens is 244 g/mol. The van der Waals surface area contributed by atoms with Crippen LogP contribution in [0.3, 0.4) is 0 Å². The molecule has 1 aromatic carbocycles. The summed E-state index contributed by atoms with van der Waals surface area (Å²) in [4.78, 5) is 10.6. The molecule has 17 heavy (non-hydrogen) atoms. The normalized spacial score (nSPS) is 9.59. The van der Waals surface area contributed by atoms with Crippen LogP contribution in [0.25, 0.3) is 0 Å². The maximum Gasteiger partial charge on any atom is 0.185 e. The number of carbonyl (C=O) groups is 1. The van der Waals surface area contributed by atoms with Crippen molar-refractivity contribution in [2.75, 3.05) is 11.5 Å². The van der Waals surface area contributed by atoms with Crippen LogP contribution in [0, 0.1) is 23.5 Å². The van der Waals surface area contributed by atoms with Crippen LogP contribution in [-0.2, 0) is 4.79 Å². The van der Waals surface area contributed by atoms with Crippen molar-refractivity contribution in [1.29, 1.82) is 0 Å². The summed E-state index contributed by atoms with van der Waals surface area (Å²) in [6, 6.07) is 2.23. The minimum absolute atomic E-state index is 0.00637. The largest absolute Gasteiger partial charge is 0.396 e. The van der Waals surface area contributed by atoms with Crippen molar-refractivity contribution < 1.29 is 13.6 Å².